The topological polar surface area (TPSA) is 38.5 Å². The van der Waals surface area contributed by atoms with E-state index in [2.05, 4.69) is 25.7 Å². The molecule has 1 aliphatic rings. The van der Waals surface area contributed by atoms with Crippen LogP contribution in [0.4, 0.5) is 15.8 Å². The maximum atomic E-state index is 13.9. The smallest absolute Gasteiger partial charge is 0.167 e. The van der Waals surface area contributed by atoms with Crippen LogP contribution in [0.25, 0.3) is 0 Å². The highest BCUT2D eigenvalue weighted by molar-refractivity contribution is 5.70. The van der Waals surface area contributed by atoms with Crippen LogP contribution >= 0.6 is 0 Å². The van der Waals surface area contributed by atoms with Gasteiger partial charge in [-0.15, -0.1) is 0 Å². The van der Waals surface area contributed by atoms with Crippen LogP contribution < -0.4 is 15.4 Å². The number of hydrogen-bond acceptors (Lipinski definition) is 3. The lowest BCUT2D eigenvalue weighted by Gasteiger charge is -2.28. The van der Waals surface area contributed by atoms with Gasteiger partial charge in [0.25, 0.3) is 0 Å². The third kappa shape index (κ3) is 3.60. The average molecular weight is 294 g/mol. The molecule has 1 fully saturated rings. The fraction of sp³-hybridized carbons (Fsp3) is 0.647. The van der Waals surface area contributed by atoms with Crippen molar-refractivity contribution in [3.8, 4) is 5.75 Å². The zero-order valence-electron chi connectivity index (χ0n) is 13.7. The van der Waals surface area contributed by atoms with Crippen LogP contribution in [0.1, 0.15) is 41.0 Å². The van der Waals surface area contributed by atoms with Gasteiger partial charge in [0.05, 0.1) is 17.5 Å². The lowest BCUT2D eigenvalue weighted by atomic mass is 9.80. The van der Waals surface area contributed by atoms with Crippen molar-refractivity contribution in [1.29, 1.82) is 0 Å². The van der Waals surface area contributed by atoms with E-state index in [-0.39, 0.29) is 17.3 Å². The van der Waals surface area contributed by atoms with Gasteiger partial charge in [-0.3, -0.25) is 0 Å². The fourth-order valence-electron chi connectivity index (χ4n) is 2.86. The number of nitrogens with two attached hydrogens (primary N) is 1. The van der Waals surface area contributed by atoms with Gasteiger partial charge in [-0.25, -0.2) is 4.39 Å². The van der Waals surface area contributed by atoms with Gasteiger partial charge in [0.15, 0.2) is 11.6 Å². The van der Waals surface area contributed by atoms with Gasteiger partial charge in [0.1, 0.15) is 0 Å². The number of anilines is 2. The first-order valence-electron chi connectivity index (χ1n) is 7.69. The summed E-state index contributed by atoms with van der Waals surface area (Å²) in [4.78, 5) is 2.25. The molecule has 4 heteroatoms. The number of benzene rings is 1. The predicted octanol–water partition coefficient (Wildman–Crippen LogP) is 4.07. The minimum Gasteiger partial charge on any atom is -0.488 e. The Morgan fingerprint density at radius 2 is 2.00 bits per heavy atom. The summed E-state index contributed by atoms with van der Waals surface area (Å²) in [5.41, 5.74) is 7.67. The first-order valence-corrected chi connectivity index (χ1v) is 7.69. The summed E-state index contributed by atoms with van der Waals surface area (Å²) in [5.74, 6) is 0.515. The Labute approximate surface area is 127 Å². The highest BCUT2D eigenvalue weighted by atomic mass is 19.1. The second-order valence-corrected chi connectivity index (χ2v) is 7.31. The van der Waals surface area contributed by atoms with Gasteiger partial charge in [0, 0.05) is 25.2 Å². The minimum absolute atomic E-state index is 0.0584. The molecule has 21 heavy (non-hydrogen) atoms. The van der Waals surface area contributed by atoms with Gasteiger partial charge in [-0.05, 0) is 31.6 Å². The number of hydrogen-bond donors (Lipinski definition) is 1. The second-order valence-electron chi connectivity index (χ2n) is 7.31. The molecule has 2 rings (SSSR count). The molecule has 1 unspecified atom stereocenters. The molecule has 1 aromatic rings. The molecular formula is C17H27FN2O. The maximum Gasteiger partial charge on any atom is 0.167 e. The molecule has 0 bridgehead atoms. The van der Waals surface area contributed by atoms with Gasteiger partial charge in [-0.2, -0.15) is 0 Å². The highest BCUT2D eigenvalue weighted by Crippen LogP contribution is 2.39. The average Bonchev–Trinajstić information content (AvgIpc) is 2.81. The summed E-state index contributed by atoms with van der Waals surface area (Å²) in [6.07, 6.45) is 1.08. The summed E-state index contributed by atoms with van der Waals surface area (Å²) in [5, 5.41) is 0. The van der Waals surface area contributed by atoms with Crippen LogP contribution in [-0.4, -0.2) is 19.2 Å². The Morgan fingerprint density at radius 3 is 2.52 bits per heavy atom. The van der Waals surface area contributed by atoms with Crippen LogP contribution in [-0.2, 0) is 0 Å². The molecule has 0 amide bonds. The van der Waals surface area contributed by atoms with Crippen molar-refractivity contribution in [2.45, 2.75) is 47.1 Å². The first kappa shape index (κ1) is 15.9. The Balaban J connectivity index is 2.24. The van der Waals surface area contributed by atoms with Crippen molar-refractivity contribution in [2.24, 2.45) is 11.3 Å². The lowest BCUT2D eigenvalue weighted by molar-refractivity contribution is 0.231. The van der Waals surface area contributed by atoms with Crippen molar-refractivity contribution in [3.63, 3.8) is 0 Å². The van der Waals surface area contributed by atoms with Crippen LogP contribution in [0, 0.1) is 17.2 Å². The van der Waals surface area contributed by atoms with Crippen molar-refractivity contribution in [1.82, 2.24) is 0 Å². The van der Waals surface area contributed by atoms with Gasteiger partial charge in [-0.1, -0.05) is 20.8 Å². The van der Waals surface area contributed by atoms with E-state index < -0.39 is 5.82 Å². The van der Waals surface area contributed by atoms with Crippen molar-refractivity contribution in [3.05, 3.63) is 17.9 Å². The van der Waals surface area contributed by atoms with E-state index in [1.807, 2.05) is 13.8 Å². The van der Waals surface area contributed by atoms with E-state index in [0.29, 0.717) is 11.6 Å². The van der Waals surface area contributed by atoms with Crippen molar-refractivity contribution < 1.29 is 9.13 Å². The molecule has 1 heterocycles. The van der Waals surface area contributed by atoms with Crippen LogP contribution in [0.2, 0.25) is 0 Å². The van der Waals surface area contributed by atoms with E-state index >= 15 is 0 Å². The van der Waals surface area contributed by atoms with E-state index in [1.165, 1.54) is 6.07 Å². The zero-order chi connectivity index (χ0) is 15.8. The molecule has 1 atom stereocenters. The zero-order valence-corrected chi connectivity index (χ0v) is 13.7. The predicted molar refractivity (Wildman–Crippen MR) is 86.4 cm³/mol. The molecule has 0 saturated carbocycles. The highest BCUT2D eigenvalue weighted by Gasteiger charge is 2.32. The number of halogens is 1. The first-order chi connectivity index (χ1) is 9.68. The van der Waals surface area contributed by atoms with Gasteiger partial charge in [0.2, 0.25) is 0 Å². The summed E-state index contributed by atoms with van der Waals surface area (Å²) >= 11 is 0. The SMILES string of the molecule is CC(C)Oc1cc(N2CCC(C(C)(C)C)C2)c(N)cc1F. The Kier molecular flexibility index (Phi) is 4.35. The molecule has 0 aromatic heterocycles. The van der Waals surface area contributed by atoms with Gasteiger partial charge < -0.3 is 15.4 Å². The van der Waals surface area contributed by atoms with Crippen molar-refractivity contribution in [2.75, 3.05) is 23.7 Å². The molecule has 1 saturated heterocycles. The number of ether oxygens (including phenoxy) is 1. The quantitative estimate of drug-likeness (QED) is 0.854. The number of nitrogens with zero attached hydrogens (tertiary/aromatic N) is 1. The maximum absolute atomic E-state index is 13.9. The van der Waals surface area contributed by atoms with Crippen LogP contribution in [0.15, 0.2) is 12.1 Å². The van der Waals surface area contributed by atoms with E-state index in [9.17, 15) is 4.39 Å². The third-order valence-electron chi connectivity index (χ3n) is 4.20. The summed E-state index contributed by atoms with van der Waals surface area (Å²) in [6, 6.07) is 3.12. The Hall–Kier alpha value is -1.45. The minimum atomic E-state index is -0.392. The van der Waals surface area contributed by atoms with Gasteiger partial charge >= 0.3 is 0 Å². The number of rotatable bonds is 3. The Morgan fingerprint density at radius 1 is 1.33 bits per heavy atom. The standard InChI is InChI=1S/C17H27FN2O/c1-11(2)21-16-9-15(14(19)8-13(16)18)20-7-6-12(10-20)17(3,4)5/h8-9,11-12H,6-7,10,19H2,1-5H3. The van der Waals surface area contributed by atoms with Crippen LogP contribution in [0.5, 0.6) is 5.75 Å². The summed E-state index contributed by atoms with van der Waals surface area (Å²) in [7, 11) is 0. The molecule has 0 radical (unpaired) electrons. The third-order valence-corrected chi connectivity index (χ3v) is 4.20. The second kappa shape index (κ2) is 5.74. The monoisotopic (exact) mass is 294 g/mol. The molecule has 2 N–H and O–H groups in total. The summed E-state index contributed by atoms with van der Waals surface area (Å²) < 4.78 is 19.5. The molecule has 0 spiro atoms. The number of nitrogen functional groups attached to an aromatic ring is 1. The largest absolute Gasteiger partial charge is 0.488 e. The van der Waals surface area contributed by atoms with E-state index in [4.69, 9.17) is 10.5 Å². The molecule has 0 aliphatic carbocycles. The molecule has 1 aromatic carbocycles. The van der Waals surface area contributed by atoms with Crippen LogP contribution in [0.3, 0.4) is 0 Å². The Bertz CT molecular complexity index is 508. The lowest BCUT2D eigenvalue weighted by Crippen LogP contribution is -2.26. The summed E-state index contributed by atoms with van der Waals surface area (Å²) in [6.45, 7) is 12.5. The molecule has 3 nitrogen and oxygen atoms in total. The molecule has 1 aliphatic heterocycles. The van der Waals surface area contributed by atoms with Crippen molar-refractivity contribution >= 4 is 11.4 Å². The molecule has 118 valence electrons. The molecular weight excluding hydrogens is 267 g/mol. The fourth-order valence-corrected chi connectivity index (χ4v) is 2.86. The van der Waals surface area contributed by atoms with E-state index in [0.717, 1.165) is 25.2 Å². The van der Waals surface area contributed by atoms with E-state index in [1.54, 1.807) is 6.07 Å². The normalized spacial score (nSPS) is 19.4.